The third kappa shape index (κ3) is 6.09. The van der Waals surface area contributed by atoms with Crippen LogP contribution in [0.1, 0.15) is 36.7 Å². The van der Waals surface area contributed by atoms with Crippen molar-refractivity contribution in [1.82, 2.24) is 20.9 Å². The van der Waals surface area contributed by atoms with Crippen molar-refractivity contribution in [3.63, 3.8) is 0 Å². The van der Waals surface area contributed by atoms with Gasteiger partial charge in [0.15, 0.2) is 11.7 Å². The van der Waals surface area contributed by atoms with Crippen LogP contribution < -0.4 is 16.0 Å². The normalized spacial score (nSPS) is 15.6. The van der Waals surface area contributed by atoms with E-state index in [1.54, 1.807) is 19.2 Å². The number of nitrogens with zero attached hydrogens (tertiary/aromatic N) is 2. The Hall–Kier alpha value is -2.51. The zero-order valence-electron chi connectivity index (χ0n) is 15.6. The van der Waals surface area contributed by atoms with E-state index in [2.05, 4.69) is 25.8 Å². The molecule has 0 unspecified atom stereocenters. The number of guanidine groups is 1. The van der Waals surface area contributed by atoms with E-state index < -0.39 is 0 Å². The molecule has 0 bridgehead atoms. The standard InChI is InChI=1S/C18H29N5O3/c1-3-20-18(22-9-8-21-17(25)15-5-4-12-26-15)23-10-6-14(7-11-23)13-16(24)19-2/h4-5,12,14H,3,6-11,13H2,1-2H3,(H,19,24)(H,20,22)(H,21,25). The van der Waals surface area contributed by atoms with E-state index in [0.717, 1.165) is 38.4 Å². The molecule has 1 saturated heterocycles. The molecule has 1 aliphatic rings. The van der Waals surface area contributed by atoms with Crippen molar-refractivity contribution in [1.29, 1.82) is 0 Å². The number of hydrogen-bond acceptors (Lipinski definition) is 4. The van der Waals surface area contributed by atoms with Crippen LogP contribution in [0.15, 0.2) is 27.8 Å². The fraction of sp³-hybridized carbons (Fsp3) is 0.611. The summed E-state index contributed by atoms with van der Waals surface area (Å²) in [5.41, 5.74) is 0. The molecule has 8 nitrogen and oxygen atoms in total. The lowest BCUT2D eigenvalue weighted by atomic mass is 9.93. The van der Waals surface area contributed by atoms with Gasteiger partial charge >= 0.3 is 0 Å². The molecular weight excluding hydrogens is 334 g/mol. The molecule has 144 valence electrons. The first-order chi connectivity index (χ1) is 12.6. The SMILES string of the molecule is CCNC(=NCCNC(=O)c1ccco1)N1CCC(CC(=O)NC)CC1. The highest BCUT2D eigenvalue weighted by molar-refractivity contribution is 5.91. The fourth-order valence-electron chi connectivity index (χ4n) is 2.97. The molecular formula is C18H29N5O3. The largest absolute Gasteiger partial charge is 0.459 e. The Morgan fingerprint density at radius 2 is 2.08 bits per heavy atom. The molecule has 8 heteroatoms. The van der Waals surface area contributed by atoms with Crippen LogP contribution in [-0.4, -0.2) is 62.4 Å². The van der Waals surface area contributed by atoms with E-state index in [9.17, 15) is 9.59 Å². The van der Waals surface area contributed by atoms with E-state index in [0.29, 0.717) is 31.2 Å². The maximum Gasteiger partial charge on any atom is 0.287 e. The first-order valence-electron chi connectivity index (χ1n) is 9.19. The maximum atomic E-state index is 11.8. The van der Waals surface area contributed by atoms with Crippen molar-refractivity contribution >= 4 is 17.8 Å². The lowest BCUT2D eigenvalue weighted by molar-refractivity contribution is -0.121. The number of aliphatic imine (C=N–C) groups is 1. The highest BCUT2D eigenvalue weighted by Crippen LogP contribution is 2.20. The summed E-state index contributed by atoms with van der Waals surface area (Å²) in [6.45, 7) is 5.52. The number of hydrogen-bond donors (Lipinski definition) is 3. The summed E-state index contributed by atoms with van der Waals surface area (Å²) in [4.78, 5) is 30.1. The number of likely N-dealkylation sites (tertiary alicyclic amines) is 1. The molecule has 0 radical (unpaired) electrons. The molecule has 0 saturated carbocycles. The van der Waals surface area contributed by atoms with Crippen LogP contribution in [0, 0.1) is 5.92 Å². The predicted molar refractivity (Wildman–Crippen MR) is 100 cm³/mol. The molecule has 1 aliphatic heterocycles. The summed E-state index contributed by atoms with van der Waals surface area (Å²) in [6, 6.07) is 3.32. The zero-order chi connectivity index (χ0) is 18.8. The van der Waals surface area contributed by atoms with Crippen molar-refractivity contribution < 1.29 is 14.0 Å². The highest BCUT2D eigenvalue weighted by Gasteiger charge is 2.23. The van der Waals surface area contributed by atoms with E-state index in [1.807, 2.05) is 6.92 Å². The molecule has 0 atom stereocenters. The monoisotopic (exact) mass is 363 g/mol. The molecule has 2 heterocycles. The fourth-order valence-corrected chi connectivity index (χ4v) is 2.97. The number of carbonyl (C=O) groups excluding carboxylic acids is 2. The summed E-state index contributed by atoms with van der Waals surface area (Å²) >= 11 is 0. The van der Waals surface area contributed by atoms with Crippen LogP contribution >= 0.6 is 0 Å². The number of piperidine rings is 1. The van der Waals surface area contributed by atoms with Crippen molar-refractivity contribution in [3.05, 3.63) is 24.2 Å². The van der Waals surface area contributed by atoms with Gasteiger partial charge in [-0.25, -0.2) is 0 Å². The first-order valence-corrected chi connectivity index (χ1v) is 9.19. The van der Waals surface area contributed by atoms with Crippen LogP contribution in [0.4, 0.5) is 0 Å². The summed E-state index contributed by atoms with van der Waals surface area (Å²) in [6.07, 6.45) is 4.03. The van der Waals surface area contributed by atoms with Crippen molar-refractivity contribution in [2.24, 2.45) is 10.9 Å². The molecule has 0 aliphatic carbocycles. The van der Waals surface area contributed by atoms with Gasteiger partial charge in [-0.15, -0.1) is 0 Å². The molecule has 0 aromatic carbocycles. The molecule has 0 spiro atoms. The van der Waals surface area contributed by atoms with E-state index in [4.69, 9.17) is 4.42 Å². The molecule has 2 rings (SSSR count). The Kier molecular flexibility index (Phi) is 7.98. The molecule has 3 N–H and O–H groups in total. The topological polar surface area (TPSA) is 99.0 Å². The van der Waals surface area contributed by atoms with Gasteiger partial charge in [-0.3, -0.25) is 14.6 Å². The van der Waals surface area contributed by atoms with Crippen molar-refractivity contribution in [2.75, 3.05) is 39.8 Å². The van der Waals surface area contributed by atoms with Crippen LogP contribution in [0.2, 0.25) is 0 Å². The summed E-state index contributed by atoms with van der Waals surface area (Å²) in [5, 5.41) is 8.78. The predicted octanol–water partition coefficient (Wildman–Crippen LogP) is 0.823. The lowest BCUT2D eigenvalue weighted by Crippen LogP contribution is -2.46. The second-order valence-corrected chi connectivity index (χ2v) is 6.28. The minimum absolute atomic E-state index is 0.108. The molecule has 1 aromatic heterocycles. The number of furan rings is 1. The Labute approximate surface area is 154 Å². The van der Waals surface area contributed by atoms with E-state index in [1.165, 1.54) is 6.26 Å². The van der Waals surface area contributed by atoms with Gasteiger partial charge in [0.25, 0.3) is 5.91 Å². The Morgan fingerprint density at radius 3 is 2.69 bits per heavy atom. The summed E-state index contributed by atoms with van der Waals surface area (Å²) in [5.74, 6) is 1.47. The number of rotatable bonds is 7. The smallest absolute Gasteiger partial charge is 0.287 e. The molecule has 26 heavy (non-hydrogen) atoms. The van der Waals surface area contributed by atoms with Gasteiger partial charge in [-0.05, 0) is 37.8 Å². The molecule has 1 fully saturated rings. The lowest BCUT2D eigenvalue weighted by Gasteiger charge is -2.34. The van der Waals surface area contributed by atoms with Crippen LogP contribution in [0.25, 0.3) is 0 Å². The van der Waals surface area contributed by atoms with Gasteiger partial charge in [0.2, 0.25) is 5.91 Å². The van der Waals surface area contributed by atoms with Crippen LogP contribution in [0.3, 0.4) is 0 Å². The van der Waals surface area contributed by atoms with Gasteiger partial charge in [0.1, 0.15) is 0 Å². The van der Waals surface area contributed by atoms with E-state index in [-0.39, 0.29) is 11.8 Å². The summed E-state index contributed by atoms with van der Waals surface area (Å²) in [7, 11) is 1.68. The highest BCUT2D eigenvalue weighted by atomic mass is 16.3. The first kappa shape index (κ1) is 19.8. The minimum Gasteiger partial charge on any atom is -0.459 e. The number of nitrogens with one attached hydrogen (secondary N) is 3. The second-order valence-electron chi connectivity index (χ2n) is 6.28. The number of carbonyl (C=O) groups is 2. The van der Waals surface area contributed by atoms with Crippen LogP contribution in [-0.2, 0) is 4.79 Å². The van der Waals surface area contributed by atoms with E-state index >= 15 is 0 Å². The number of amides is 2. The van der Waals surface area contributed by atoms with Gasteiger partial charge in [-0.2, -0.15) is 0 Å². The van der Waals surface area contributed by atoms with Gasteiger partial charge < -0.3 is 25.3 Å². The van der Waals surface area contributed by atoms with Crippen molar-refractivity contribution in [3.8, 4) is 0 Å². The zero-order valence-corrected chi connectivity index (χ0v) is 15.6. The third-order valence-corrected chi connectivity index (χ3v) is 4.41. The van der Waals surface area contributed by atoms with Gasteiger partial charge in [-0.1, -0.05) is 0 Å². The maximum absolute atomic E-state index is 11.8. The minimum atomic E-state index is -0.231. The quantitative estimate of drug-likeness (QED) is 0.378. The molecule has 1 aromatic rings. The average molecular weight is 363 g/mol. The van der Waals surface area contributed by atoms with Gasteiger partial charge in [0.05, 0.1) is 12.8 Å². The van der Waals surface area contributed by atoms with Crippen molar-refractivity contribution in [2.45, 2.75) is 26.2 Å². The average Bonchev–Trinajstić information content (AvgIpc) is 3.19. The Balaban J connectivity index is 1.77. The van der Waals surface area contributed by atoms with Gasteiger partial charge in [0, 0.05) is 39.6 Å². The summed E-state index contributed by atoms with van der Waals surface area (Å²) < 4.78 is 5.06. The molecule has 2 amide bonds. The Bertz CT molecular complexity index is 592. The second kappa shape index (κ2) is 10.5. The Morgan fingerprint density at radius 1 is 1.31 bits per heavy atom. The third-order valence-electron chi connectivity index (χ3n) is 4.41. The van der Waals surface area contributed by atoms with Crippen LogP contribution in [0.5, 0.6) is 0 Å².